The zero-order chi connectivity index (χ0) is 8.59. The lowest BCUT2D eigenvalue weighted by molar-refractivity contribution is 0.429. The zero-order valence-electron chi connectivity index (χ0n) is 5.24. The first kappa shape index (κ1) is 8.26. The van der Waals surface area contributed by atoms with Crippen molar-refractivity contribution in [1.82, 2.24) is 0 Å². The van der Waals surface area contributed by atoms with E-state index in [0.29, 0.717) is 0 Å². The minimum absolute atomic E-state index is 0.106. The highest BCUT2D eigenvalue weighted by atomic mass is 79.9. The summed E-state index contributed by atoms with van der Waals surface area (Å²) in [6.07, 6.45) is 0. The predicted octanol–water partition coefficient (Wildman–Crippen LogP) is 2.02. The van der Waals surface area contributed by atoms with Crippen LogP contribution in [0.25, 0.3) is 0 Å². The lowest BCUT2D eigenvalue weighted by Crippen LogP contribution is -1.94. The van der Waals surface area contributed by atoms with Crippen LogP contribution in [-0.2, 0) is 0 Å². The van der Waals surface area contributed by atoms with Crippen LogP contribution in [0.4, 0.5) is 14.5 Å². The molecule has 0 bridgehead atoms. The van der Waals surface area contributed by atoms with E-state index < -0.39 is 23.1 Å². The Kier molecular flexibility index (Phi) is 1.99. The lowest BCUT2D eigenvalue weighted by Gasteiger charge is -2.02. The second-order valence-electron chi connectivity index (χ2n) is 1.92. The van der Waals surface area contributed by atoms with Gasteiger partial charge in [-0.25, -0.2) is 8.78 Å². The first-order valence-corrected chi connectivity index (χ1v) is 3.45. The van der Waals surface area contributed by atoms with Crippen molar-refractivity contribution in [2.45, 2.75) is 0 Å². The van der Waals surface area contributed by atoms with E-state index in [-0.39, 0.29) is 4.47 Å². The maximum Gasteiger partial charge on any atom is 0.177 e. The van der Waals surface area contributed by atoms with Crippen LogP contribution in [0.2, 0.25) is 0 Å². The van der Waals surface area contributed by atoms with E-state index in [2.05, 4.69) is 15.9 Å². The molecule has 3 N–H and O–H groups in total. The topological polar surface area (TPSA) is 46.2 Å². The third-order valence-electron chi connectivity index (χ3n) is 1.18. The highest BCUT2D eigenvalue weighted by Gasteiger charge is 2.13. The van der Waals surface area contributed by atoms with E-state index in [0.717, 1.165) is 6.07 Å². The van der Waals surface area contributed by atoms with Crippen molar-refractivity contribution in [1.29, 1.82) is 0 Å². The molecule has 0 fully saturated rings. The molecule has 0 heterocycles. The van der Waals surface area contributed by atoms with E-state index in [9.17, 15) is 8.78 Å². The highest BCUT2D eigenvalue weighted by Crippen LogP contribution is 2.31. The number of nitrogen functional groups attached to an aromatic ring is 1. The molecule has 60 valence electrons. The fraction of sp³-hybridized carbons (Fsp3) is 0. The van der Waals surface area contributed by atoms with Gasteiger partial charge in [-0.2, -0.15) is 0 Å². The summed E-state index contributed by atoms with van der Waals surface area (Å²) in [5, 5.41) is 8.75. The number of aromatic hydroxyl groups is 1. The van der Waals surface area contributed by atoms with Gasteiger partial charge in [0.1, 0.15) is 5.69 Å². The molecule has 0 aromatic heterocycles. The van der Waals surface area contributed by atoms with Crippen LogP contribution in [0.5, 0.6) is 5.75 Å². The Morgan fingerprint density at radius 3 is 2.55 bits per heavy atom. The van der Waals surface area contributed by atoms with Crippen molar-refractivity contribution in [2.75, 3.05) is 5.73 Å². The summed E-state index contributed by atoms with van der Waals surface area (Å²) in [7, 11) is 0. The average molecular weight is 224 g/mol. The van der Waals surface area contributed by atoms with Crippen molar-refractivity contribution >= 4 is 21.6 Å². The Bertz CT molecular complexity index is 277. The van der Waals surface area contributed by atoms with Gasteiger partial charge in [0.15, 0.2) is 17.4 Å². The van der Waals surface area contributed by atoms with E-state index in [1.165, 1.54) is 0 Å². The van der Waals surface area contributed by atoms with Crippen molar-refractivity contribution in [2.24, 2.45) is 0 Å². The summed E-state index contributed by atoms with van der Waals surface area (Å²) in [5.74, 6) is -2.66. The number of hydrogen-bond donors (Lipinski definition) is 2. The van der Waals surface area contributed by atoms with Crippen LogP contribution >= 0.6 is 15.9 Å². The van der Waals surface area contributed by atoms with Crippen molar-refractivity contribution < 1.29 is 13.9 Å². The molecule has 1 aromatic rings. The van der Waals surface area contributed by atoms with Gasteiger partial charge < -0.3 is 10.8 Å². The van der Waals surface area contributed by atoms with Crippen molar-refractivity contribution in [3.05, 3.63) is 22.2 Å². The largest absolute Gasteiger partial charge is 0.503 e. The van der Waals surface area contributed by atoms with E-state index >= 15 is 0 Å². The number of nitrogens with two attached hydrogens (primary N) is 1. The van der Waals surface area contributed by atoms with Gasteiger partial charge in [-0.05, 0) is 22.0 Å². The molecule has 0 radical (unpaired) electrons. The van der Waals surface area contributed by atoms with Crippen LogP contribution in [0.3, 0.4) is 0 Å². The number of halogens is 3. The molecule has 5 heteroatoms. The quantitative estimate of drug-likeness (QED) is 0.402. The van der Waals surface area contributed by atoms with Crippen molar-refractivity contribution in [3.8, 4) is 5.75 Å². The molecule has 0 aliphatic heterocycles. The van der Waals surface area contributed by atoms with Gasteiger partial charge in [-0.15, -0.1) is 0 Å². The molecular formula is C6H4BrF2NO. The second kappa shape index (κ2) is 2.65. The summed E-state index contributed by atoms with van der Waals surface area (Å²) >= 11 is 2.72. The van der Waals surface area contributed by atoms with E-state index in [1.807, 2.05) is 0 Å². The van der Waals surface area contributed by atoms with Crippen LogP contribution in [0.15, 0.2) is 10.5 Å². The molecule has 0 aliphatic rings. The zero-order valence-corrected chi connectivity index (χ0v) is 6.82. The third kappa shape index (κ3) is 1.28. The van der Waals surface area contributed by atoms with Gasteiger partial charge in [0.25, 0.3) is 0 Å². The molecule has 0 spiro atoms. The normalized spacial score (nSPS) is 10.1. The SMILES string of the molecule is Nc1c(O)c(F)cc(Br)c1F. The number of phenols is 1. The van der Waals surface area contributed by atoms with E-state index in [4.69, 9.17) is 10.8 Å². The fourth-order valence-electron chi connectivity index (χ4n) is 0.604. The Morgan fingerprint density at radius 2 is 2.00 bits per heavy atom. The van der Waals surface area contributed by atoms with Gasteiger partial charge in [-0.3, -0.25) is 0 Å². The molecule has 0 aliphatic carbocycles. The minimum atomic E-state index is -0.948. The predicted molar refractivity (Wildman–Crippen MR) is 40.1 cm³/mol. The highest BCUT2D eigenvalue weighted by molar-refractivity contribution is 9.10. The number of benzene rings is 1. The summed E-state index contributed by atoms with van der Waals surface area (Å²) < 4.78 is 25.1. The molecule has 11 heavy (non-hydrogen) atoms. The average Bonchev–Trinajstić information content (AvgIpc) is 1.97. The van der Waals surface area contributed by atoms with Gasteiger partial charge in [-0.1, -0.05) is 0 Å². The molecule has 1 rings (SSSR count). The first-order chi connectivity index (χ1) is 5.04. The van der Waals surface area contributed by atoms with Crippen LogP contribution < -0.4 is 5.73 Å². The maximum atomic E-state index is 12.7. The number of hydrogen-bond acceptors (Lipinski definition) is 2. The van der Waals surface area contributed by atoms with Crippen molar-refractivity contribution in [3.63, 3.8) is 0 Å². The molecule has 0 saturated carbocycles. The Labute approximate surface area is 69.8 Å². The maximum absolute atomic E-state index is 12.7. The fourth-order valence-corrected chi connectivity index (χ4v) is 1.02. The Hall–Kier alpha value is -0.840. The second-order valence-corrected chi connectivity index (χ2v) is 2.77. The molecule has 0 atom stereocenters. The summed E-state index contributed by atoms with van der Waals surface area (Å²) in [6.45, 7) is 0. The number of anilines is 1. The smallest absolute Gasteiger partial charge is 0.177 e. The lowest BCUT2D eigenvalue weighted by atomic mass is 10.3. The summed E-state index contributed by atoms with van der Waals surface area (Å²) in [6, 6.07) is 0.807. The van der Waals surface area contributed by atoms with Crippen LogP contribution in [0.1, 0.15) is 0 Å². The first-order valence-electron chi connectivity index (χ1n) is 2.66. The molecule has 1 aromatic carbocycles. The van der Waals surface area contributed by atoms with E-state index in [1.54, 1.807) is 0 Å². The van der Waals surface area contributed by atoms with Crippen LogP contribution in [0, 0.1) is 11.6 Å². The van der Waals surface area contributed by atoms with Crippen LogP contribution in [-0.4, -0.2) is 5.11 Å². The summed E-state index contributed by atoms with van der Waals surface area (Å²) in [5.41, 5.74) is 4.40. The van der Waals surface area contributed by atoms with Gasteiger partial charge in [0.05, 0.1) is 4.47 Å². The number of rotatable bonds is 0. The molecule has 2 nitrogen and oxygen atoms in total. The number of phenolic OH excluding ortho intramolecular Hbond substituents is 1. The molecule has 0 amide bonds. The van der Waals surface area contributed by atoms with Gasteiger partial charge in [0, 0.05) is 0 Å². The monoisotopic (exact) mass is 223 g/mol. The molecular weight excluding hydrogens is 220 g/mol. The van der Waals surface area contributed by atoms with Gasteiger partial charge >= 0.3 is 0 Å². The van der Waals surface area contributed by atoms with Gasteiger partial charge in [0.2, 0.25) is 0 Å². The minimum Gasteiger partial charge on any atom is -0.503 e. The summed E-state index contributed by atoms with van der Waals surface area (Å²) in [4.78, 5) is 0. The molecule has 0 saturated heterocycles. The standard InChI is InChI=1S/C6H4BrF2NO/c7-2-1-3(8)6(11)5(10)4(2)9/h1,11H,10H2. The molecule has 0 unspecified atom stereocenters. The Balaban J connectivity index is 3.46. The Morgan fingerprint density at radius 1 is 1.45 bits per heavy atom. The third-order valence-corrected chi connectivity index (χ3v) is 1.76.